The van der Waals surface area contributed by atoms with Gasteiger partial charge in [0, 0.05) is 19.3 Å². The Morgan fingerprint density at radius 2 is 1.90 bits per heavy atom. The van der Waals surface area contributed by atoms with Crippen LogP contribution in [0.25, 0.3) is 0 Å². The topological polar surface area (TPSA) is 75.2 Å². The van der Waals surface area contributed by atoms with Crippen LogP contribution in [-0.2, 0) is 4.74 Å². The van der Waals surface area contributed by atoms with Crippen molar-refractivity contribution >= 4 is 17.2 Å². The number of fused-ring (bicyclic) bond motifs is 1. The highest BCUT2D eigenvalue weighted by atomic mass is 16.5. The highest BCUT2D eigenvalue weighted by Crippen LogP contribution is 2.33. The minimum atomic E-state index is -0.0716. The molecule has 0 bridgehead atoms. The third kappa shape index (κ3) is 2.36. The van der Waals surface area contributed by atoms with E-state index < -0.39 is 0 Å². The summed E-state index contributed by atoms with van der Waals surface area (Å²) in [6, 6.07) is 1.95. The monoisotopic (exact) mass is 284 g/mol. The number of rotatable bonds is 2. The van der Waals surface area contributed by atoms with Crippen LogP contribution >= 0.6 is 0 Å². The van der Waals surface area contributed by atoms with Crippen LogP contribution in [-0.4, -0.2) is 41.3 Å². The Hall–Kier alpha value is -2.41. The van der Waals surface area contributed by atoms with E-state index in [1.807, 2.05) is 12.3 Å². The summed E-state index contributed by atoms with van der Waals surface area (Å²) in [4.78, 5) is 15.4. The van der Waals surface area contributed by atoms with E-state index in [4.69, 9.17) is 9.72 Å². The molecule has 2 aromatic heterocycles. The number of pyridine rings is 1. The normalized spacial score (nSPS) is 20.6. The van der Waals surface area contributed by atoms with Crippen molar-refractivity contribution < 1.29 is 4.74 Å². The SMILES string of the molecule is c1cc2c(cn1)NC(c1cncc(N3CCOCC3)n1)N2. The molecule has 1 unspecified atom stereocenters. The zero-order valence-corrected chi connectivity index (χ0v) is 11.5. The number of hydrogen-bond acceptors (Lipinski definition) is 7. The first kappa shape index (κ1) is 12.3. The van der Waals surface area contributed by atoms with Crippen LogP contribution in [0.5, 0.6) is 0 Å². The lowest BCUT2D eigenvalue weighted by Crippen LogP contribution is -2.37. The highest BCUT2D eigenvalue weighted by molar-refractivity contribution is 5.73. The molecule has 2 aliphatic heterocycles. The predicted molar refractivity (Wildman–Crippen MR) is 79.3 cm³/mol. The average molecular weight is 284 g/mol. The van der Waals surface area contributed by atoms with Crippen molar-refractivity contribution in [2.75, 3.05) is 41.8 Å². The van der Waals surface area contributed by atoms with Crippen LogP contribution in [0.4, 0.5) is 17.2 Å². The maximum atomic E-state index is 5.37. The molecular formula is C14H16N6O. The lowest BCUT2D eigenvalue weighted by Gasteiger charge is -2.28. The number of nitrogens with one attached hydrogen (secondary N) is 2. The van der Waals surface area contributed by atoms with Gasteiger partial charge in [-0.2, -0.15) is 0 Å². The molecule has 0 aromatic carbocycles. The third-order valence-corrected chi connectivity index (χ3v) is 3.69. The summed E-state index contributed by atoms with van der Waals surface area (Å²) >= 11 is 0. The van der Waals surface area contributed by atoms with E-state index in [0.29, 0.717) is 0 Å². The maximum Gasteiger partial charge on any atom is 0.147 e. The van der Waals surface area contributed by atoms with Gasteiger partial charge in [0.2, 0.25) is 0 Å². The molecule has 2 aliphatic rings. The minimum absolute atomic E-state index is 0.0716. The number of anilines is 3. The molecule has 4 rings (SSSR count). The molecule has 4 heterocycles. The zero-order chi connectivity index (χ0) is 14.1. The molecule has 2 aromatic rings. The first-order valence-electron chi connectivity index (χ1n) is 7.02. The summed E-state index contributed by atoms with van der Waals surface area (Å²) in [5.74, 6) is 0.897. The van der Waals surface area contributed by atoms with E-state index in [2.05, 4.69) is 25.5 Å². The van der Waals surface area contributed by atoms with Crippen LogP contribution < -0.4 is 15.5 Å². The molecule has 21 heavy (non-hydrogen) atoms. The molecular weight excluding hydrogens is 268 g/mol. The summed E-state index contributed by atoms with van der Waals surface area (Å²) in [6.45, 7) is 3.19. The van der Waals surface area contributed by atoms with Crippen molar-refractivity contribution in [3.63, 3.8) is 0 Å². The van der Waals surface area contributed by atoms with Gasteiger partial charge in [-0.25, -0.2) is 4.98 Å². The summed E-state index contributed by atoms with van der Waals surface area (Å²) < 4.78 is 5.37. The molecule has 1 saturated heterocycles. The molecule has 0 radical (unpaired) electrons. The Morgan fingerprint density at radius 1 is 1.05 bits per heavy atom. The van der Waals surface area contributed by atoms with E-state index in [1.54, 1.807) is 18.6 Å². The second-order valence-electron chi connectivity index (χ2n) is 5.04. The van der Waals surface area contributed by atoms with E-state index >= 15 is 0 Å². The van der Waals surface area contributed by atoms with Gasteiger partial charge in [-0.05, 0) is 6.07 Å². The van der Waals surface area contributed by atoms with Crippen LogP contribution in [0.2, 0.25) is 0 Å². The summed E-state index contributed by atoms with van der Waals surface area (Å²) in [6.07, 6.45) is 7.09. The quantitative estimate of drug-likeness (QED) is 0.859. The Morgan fingerprint density at radius 3 is 2.76 bits per heavy atom. The van der Waals surface area contributed by atoms with Gasteiger partial charge >= 0.3 is 0 Å². The Labute approximate surface area is 122 Å². The Balaban J connectivity index is 1.56. The van der Waals surface area contributed by atoms with E-state index in [0.717, 1.165) is 49.2 Å². The summed E-state index contributed by atoms with van der Waals surface area (Å²) in [5.41, 5.74) is 2.89. The van der Waals surface area contributed by atoms with Gasteiger partial charge in [0.25, 0.3) is 0 Å². The minimum Gasteiger partial charge on any atom is -0.378 e. The van der Waals surface area contributed by atoms with Gasteiger partial charge in [0.1, 0.15) is 17.7 Å². The summed E-state index contributed by atoms with van der Waals surface area (Å²) in [7, 11) is 0. The summed E-state index contributed by atoms with van der Waals surface area (Å²) in [5, 5.41) is 6.75. The van der Waals surface area contributed by atoms with Crippen LogP contribution in [0, 0.1) is 0 Å². The fourth-order valence-corrected chi connectivity index (χ4v) is 2.58. The van der Waals surface area contributed by atoms with Gasteiger partial charge in [0.15, 0.2) is 0 Å². The molecule has 7 heteroatoms. The first-order chi connectivity index (χ1) is 10.4. The number of aromatic nitrogens is 3. The van der Waals surface area contributed by atoms with Gasteiger partial charge in [-0.1, -0.05) is 0 Å². The van der Waals surface area contributed by atoms with Crippen molar-refractivity contribution in [3.8, 4) is 0 Å². The van der Waals surface area contributed by atoms with Gasteiger partial charge in [0.05, 0.1) is 43.2 Å². The highest BCUT2D eigenvalue weighted by Gasteiger charge is 2.23. The number of morpholine rings is 1. The van der Waals surface area contributed by atoms with Gasteiger partial charge in [-0.3, -0.25) is 9.97 Å². The zero-order valence-electron chi connectivity index (χ0n) is 11.5. The Kier molecular flexibility index (Phi) is 3.04. The second kappa shape index (κ2) is 5.17. The van der Waals surface area contributed by atoms with Crippen LogP contribution in [0.3, 0.4) is 0 Å². The Bertz CT molecular complexity index is 618. The van der Waals surface area contributed by atoms with E-state index in [-0.39, 0.29) is 6.17 Å². The molecule has 0 aliphatic carbocycles. The van der Waals surface area contributed by atoms with Crippen molar-refractivity contribution in [2.45, 2.75) is 6.17 Å². The standard InChI is InChI=1S/C14H16N6O/c1-2-15-7-11-10(1)18-14(19-11)12-8-16-9-13(17-12)20-3-5-21-6-4-20/h1-2,7-9,14,18-19H,3-6H2. The molecule has 0 spiro atoms. The van der Waals surface area contributed by atoms with Crippen molar-refractivity contribution in [1.29, 1.82) is 0 Å². The van der Waals surface area contributed by atoms with Crippen LogP contribution in [0.15, 0.2) is 30.9 Å². The molecule has 0 saturated carbocycles. The fraction of sp³-hybridized carbons (Fsp3) is 0.357. The maximum absolute atomic E-state index is 5.37. The molecule has 1 atom stereocenters. The molecule has 2 N–H and O–H groups in total. The molecule has 7 nitrogen and oxygen atoms in total. The lowest BCUT2D eigenvalue weighted by atomic mass is 10.3. The number of ether oxygens (including phenoxy) is 1. The first-order valence-corrected chi connectivity index (χ1v) is 7.02. The molecule has 1 fully saturated rings. The van der Waals surface area contributed by atoms with E-state index in [1.165, 1.54) is 0 Å². The largest absolute Gasteiger partial charge is 0.378 e. The van der Waals surface area contributed by atoms with Crippen LogP contribution in [0.1, 0.15) is 11.9 Å². The molecule has 108 valence electrons. The smallest absolute Gasteiger partial charge is 0.147 e. The second-order valence-corrected chi connectivity index (χ2v) is 5.04. The van der Waals surface area contributed by atoms with Crippen molar-refractivity contribution in [2.24, 2.45) is 0 Å². The predicted octanol–water partition coefficient (Wildman–Crippen LogP) is 1.24. The van der Waals surface area contributed by atoms with E-state index in [9.17, 15) is 0 Å². The van der Waals surface area contributed by atoms with Crippen molar-refractivity contribution in [1.82, 2.24) is 15.0 Å². The lowest BCUT2D eigenvalue weighted by molar-refractivity contribution is 0.122. The number of nitrogens with zero attached hydrogens (tertiary/aromatic N) is 4. The van der Waals surface area contributed by atoms with Crippen molar-refractivity contribution in [3.05, 3.63) is 36.5 Å². The number of hydrogen-bond donors (Lipinski definition) is 2. The molecule has 0 amide bonds. The fourth-order valence-electron chi connectivity index (χ4n) is 2.58. The third-order valence-electron chi connectivity index (χ3n) is 3.69. The van der Waals surface area contributed by atoms with Gasteiger partial charge < -0.3 is 20.3 Å². The average Bonchev–Trinajstić information content (AvgIpc) is 3.00. The van der Waals surface area contributed by atoms with Gasteiger partial charge in [-0.15, -0.1) is 0 Å².